The summed E-state index contributed by atoms with van der Waals surface area (Å²) >= 11 is 7.39. The second kappa shape index (κ2) is 9.02. The van der Waals surface area contributed by atoms with Crippen molar-refractivity contribution in [2.45, 2.75) is 6.61 Å². The highest BCUT2D eigenvalue weighted by Gasteiger charge is 2.17. The molecule has 0 aliphatic rings. The molecule has 30 heavy (non-hydrogen) atoms. The van der Waals surface area contributed by atoms with Crippen LogP contribution in [0.25, 0.3) is 22.4 Å². The van der Waals surface area contributed by atoms with Crippen LogP contribution in [0.5, 0.6) is 0 Å². The zero-order valence-electron chi connectivity index (χ0n) is 15.4. The molecule has 4 aromatic rings. The van der Waals surface area contributed by atoms with E-state index in [-0.39, 0.29) is 18.1 Å². The second-order valence-corrected chi connectivity index (χ2v) is 7.55. The molecule has 2 aromatic carbocycles. The van der Waals surface area contributed by atoms with Crippen molar-refractivity contribution >= 4 is 40.6 Å². The molecular weight excluding hydrogens is 427 g/mol. The number of hydrogen-bond acceptors (Lipinski definition) is 6. The third kappa shape index (κ3) is 4.82. The molecule has 0 saturated heterocycles. The van der Waals surface area contributed by atoms with Crippen LogP contribution in [0.2, 0.25) is 5.02 Å². The van der Waals surface area contributed by atoms with E-state index in [4.69, 9.17) is 20.8 Å². The summed E-state index contributed by atoms with van der Waals surface area (Å²) in [6, 6.07) is 16.3. The van der Waals surface area contributed by atoms with Crippen LogP contribution in [0.15, 0.2) is 70.5 Å². The van der Waals surface area contributed by atoms with Gasteiger partial charge in [-0.25, -0.2) is 9.18 Å². The van der Waals surface area contributed by atoms with Gasteiger partial charge in [-0.3, -0.25) is 0 Å². The van der Waals surface area contributed by atoms with Gasteiger partial charge in [-0.1, -0.05) is 41.9 Å². The van der Waals surface area contributed by atoms with Crippen LogP contribution in [0.3, 0.4) is 0 Å². The normalized spacial score (nSPS) is 11.5. The Morgan fingerprint density at radius 3 is 2.57 bits per heavy atom. The number of thiophene rings is 1. The minimum Gasteiger partial charge on any atom is -0.452 e. The van der Waals surface area contributed by atoms with Gasteiger partial charge in [0.2, 0.25) is 0 Å². The molecule has 5 nitrogen and oxygen atoms in total. The van der Waals surface area contributed by atoms with E-state index in [0.29, 0.717) is 16.5 Å². The Morgan fingerprint density at radius 1 is 1.10 bits per heavy atom. The molecule has 0 spiro atoms. The van der Waals surface area contributed by atoms with E-state index in [9.17, 15) is 9.18 Å². The number of carbonyl (C=O) groups excluding carboxylic acids is 1. The summed E-state index contributed by atoms with van der Waals surface area (Å²) < 4.78 is 24.3. The minimum absolute atomic E-state index is 0.177. The number of benzene rings is 2. The van der Waals surface area contributed by atoms with Crippen molar-refractivity contribution in [2.75, 3.05) is 0 Å². The predicted molar refractivity (Wildman–Crippen MR) is 113 cm³/mol. The Balaban J connectivity index is 1.55. The van der Waals surface area contributed by atoms with E-state index >= 15 is 0 Å². The van der Waals surface area contributed by atoms with Crippen molar-refractivity contribution < 1.29 is 18.3 Å². The fraction of sp³-hybridized carbons (Fsp3) is 0.0455. The fourth-order valence-electron chi connectivity index (χ4n) is 2.63. The topological polar surface area (TPSA) is 65.2 Å². The van der Waals surface area contributed by atoms with Crippen LogP contribution in [0.4, 0.5) is 4.39 Å². The Labute approximate surface area is 180 Å². The number of ether oxygens (including phenoxy) is 1. The summed E-state index contributed by atoms with van der Waals surface area (Å²) in [4.78, 5) is 13.6. The first-order chi connectivity index (χ1) is 14.6. The average Bonchev–Trinajstić information content (AvgIpc) is 3.44. The first-order valence-corrected chi connectivity index (χ1v) is 10.1. The smallest absolute Gasteiger partial charge is 0.339 e. The third-order valence-corrected chi connectivity index (χ3v) is 5.19. The van der Waals surface area contributed by atoms with Gasteiger partial charge in [0.05, 0.1) is 10.5 Å². The molecule has 0 aliphatic heterocycles. The summed E-state index contributed by atoms with van der Waals surface area (Å²) in [6.07, 6.45) is 1.65. The molecule has 0 saturated carbocycles. The van der Waals surface area contributed by atoms with E-state index in [0.717, 1.165) is 10.4 Å². The SMILES string of the molecule is O=C(OCc1nnc(-c2cccs2)o1)C(=Cc1ccc(Cl)cc1)c1ccc(F)cc1. The number of halogens is 2. The molecular formula is C22H14ClFN2O3S. The molecule has 0 atom stereocenters. The van der Waals surface area contributed by atoms with Crippen LogP contribution in [0.1, 0.15) is 17.0 Å². The summed E-state index contributed by atoms with van der Waals surface area (Å²) in [6.45, 7) is -0.184. The number of aromatic nitrogens is 2. The maximum Gasteiger partial charge on any atom is 0.339 e. The van der Waals surface area contributed by atoms with Crippen molar-refractivity contribution in [2.24, 2.45) is 0 Å². The molecule has 4 rings (SSSR count). The first kappa shape index (κ1) is 20.0. The molecule has 150 valence electrons. The fourth-order valence-corrected chi connectivity index (χ4v) is 3.40. The Hall–Kier alpha value is -3.29. The number of carbonyl (C=O) groups is 1. The first-order valence-electron chi connectivity index (χ1n) is 8.85. The van der Waals surface area contributed by atoms with Gasteiger partial charge in [0.25, 0.3) is 11.8 Å². The van der Waals surface area contributed by atoms with Gasteiger partial charge in [-0.2, -0.15) is 0 Å². The van der Waals surface area contributed by atoms with Gasteiger partial charge in [0, 0.05) is 5.02 Å². The summed E-state index contributed by atoms with van der Waals surface area (Å²) in [5.41, 5.74) is 1.52. The zero-order chi connectivity index (χ0) is 20.9. The van der Waals surface area contributed by atoms with E-state index < -0.39 is 11.8 Å². The molecule has 2 heterocycles. The van der Waals surface area contributed by atoms with E-state index in [1.165, 1.54) is 35.6 Å². The standard InChI is InChI=1S/C22H14ClFN2O3S/c23-16-7-3-14(4-8-16)12-18(15-5-9-17(24)10-6-15)22(27)28-13-20-25-26-21(29-20)19-2-1-11-30-19/h1-12H,13H2. The highest BCUT2D eigenvalue weighted by Crippen LogP contribution is 2.24. The van der Waals surface area contributed by atoms with Gasteiger partial charge in [-0.05, 0) is 52.9 Å². The van der Waals surface area contributed by atoms with Crippen molar-refractivity contribution in [3.8, 4) is 10.8 Å². The lowest BCUT2D eigenvalue weighted by molar-refractivity contribution is -0.138. The molecule has 0 fully saturated rings. The maximum atomic E-state index is 13.3. The summed E-state index contributed by atoms with van der Waals surface area (Å²) in [5, 5.41) is 10.3. The van der Waals surface area contributed by atoms with Gasteiger partial charge in [-0.15, -0.1) is 21.5 Å². The predicted octanol–water partition coefficient (Wildman–Crippen LogP) is 5.87. The second-order valence-electron chi connectivity index (χ2n) is 6.17. The van der Waals surface area contributed by atoms with Gasteiger partial charge >= 0.3 is 5.97 Å². The lowest BCUT2D eigenvalue weighted by Gasteiger charge is -2.08. The lowest BCUT2D eigenvalue weighted by atomic mass is 10.0. The third-order valence-electron chi connectivity index (χ3n) is 4.08. The number of hydrogen-bond donors (Lipinski definition) is 0. The Kier molecular flexibility index (Phi) is 6.02. The molecule has 0 aliphatic carbocycles. The summed E-state index contributed by atoms with van der Waals surface area (Å²) in [7, 11) is 0. The largest absolute Gasteiger partial charge is 0.452 e. The average molecular weight is 441 g/mol. The Morgan fingerprint density at radius 2 is 1.87 bits per heavy atom. The van der Waals surface area contributed by atoms with Crippen molar-refractivity contribution in [3.05, 3.63) is 93.9 Å². The van der Waals surface area contributed by atoms with E-state index in [1.807, 2.05) is 17.5 Å². The van der Waals surface area contributed by atoms with Gasteiger partial charge < -0.3 is 9.15 Å². The zero-order valence-corrected chi connectivity index (χ0v) is 17.0. The highest BCUT2D eigenvalue weighted by atomic mass is 35.5. The Bertz CT molecular complexity index is 1170. The van der Waals surface area contributed by atoms with Crippen molar-refractivity contribution in [3.63, 3.8) is 0 Å². The van der Waals surface area contributed by atoms with E-state index in [1.54, 1.807) is 30.3 Å². The van der Waals surface area contributed by atoms with Crippen LogP contribution in [0, 0.1) is 5.82 Å². The number of esters is 1. The molecule has 0 unspecified atom stereocenters. The molecule has 0 amide bonds. The van der Waals surface area contributed by atoms with Gasteiger partial charge in [0.1, 0.15) is 5.82 Å². The molecule has 2 aromatic heterocycles. The summed E-state index contributed by atoms with van der Waals surface area (Å²) in [5.74, 6) is -0.458. The minimum atomic E-state index is -0.604. The highest BCUT2D eigenvalue weighted by molar-refractivity contribution is 7.13. The number of rotatable bonds is 6. The van der Waals surface area contributed by atoms with Crippen LogP contribution in [-0.2, 0) is 16.1 Å². The van der Waals surface area contributed by atoms with Crippen LogP contribution < -0.4 is 0 Å². The molecule has 8 heteroatoms. The van der Waals surface area contributed by atoms with Crippen molar-refractivity contribution in [1.29, 1.82) is 0 Å². The number of nitrogens with zero attached hydrogens (tertiary/aromatic N) is 2. The quantitative estimate of drug-likeness (QED) is 0.213. The lowest BCUT2D eigenvalue weighted by Crippen LogP contribution is -2.07. The van der Waals surface area contributed by atoms with Gasteiger partial charge in [0.15, 0.2) is 6.61 Å². The molecule has 0 N–H and O–H groups in total. The van der Waals surface area contributed by atoms with Crippen molar-refractivity contribution in [1.82, 2.24) is 10.2 Å². The monoisotopic (exact) mass is 440 g/mol. The molecule has 0 bridgehead atoms. The maximum absolute atomic E-state index is 13.3. The molecule has 0 radical (unpaired) electrons. The van der Waals surface area contributed by atoms with Crippen LogP contribution >= 0.6 is 22.9 Å². The van der Waals surface area contributed by atoms with E-state index in [2.05, 4.69) is 10.2 Å². The van der Waals surface area contributed by atoms with Crippen LogP contribution in [-0.4, -0.2) is 16.2 Å².